The van der Waals surface area contributed by atoms with Crippen LogP contribution in [0.15, 0.2) is 23.1 Å². The van der Waals surface area contributed by atoms with Gasteiger partial charge in [-0.3, -0.25) is 0 Å². The van der Waals surface area contributed by atoms with Crippen LogP contribution in [-0.4, -0.2) is 25.6 Å². The quantitative estimate of drug-likeness (QED) is 0.923. The molecule has 0 fully saturated rings. The van der Waals surface area contributed by atoms with Crippen molar-refractivity contribution in [1.29, 1.82) is 0 Å². The van der Waals surface area contributed by atoms with E-state index in [2.05, 4.69) is 25.9 Å². The monoisotopic (exact) mass is 321 g/mol. The van der Waals surface area contributed by atoms with Gasteiger partial charge in [-0.2, -0.15) is 0 Å². The fourth-order valence-corrected chi connectivity index (χ4v) is 2.77. The predicted octanol–water partition coefficient (Wildman–Crippen LogP) is 2.61. The van der Waals surface area contributed by atoms with Gasteiger partial charge in [-0.25, -0.2) is 14.8 Å². The van der Waals surface area contributed by atoms with E-state index < -0.39 is 5.97 Å². The van der Waals surface area contributed by atoms with Gasteiger partial charge < -0.3 is 9.67 Å². The maximum Gasteiger partial charge on any atom is 0.356 e. The fraction of sp³-hybridized carbons (Fsp3) is 0.308. The Morgan fingerprint density at radius 3 is 2.89 bits per heavy atom. The number of aromatic carboxylic acids is 1. The normalized spacial score (nSPS) is 14.2. The molecule has 0 saturated carbocycles. The molecule has 0 aliphatic heterocycles. The number of hydrogen-bond donors (Lipinski definition) is 1. The largest absolute Gasteiger partial charge is 0.476 e. The molecule has 0 radical (unpaired) electrons. The SMILES string of the molecule is O=C(O)c1ncc(Br)cc1-n1cnc2c1CCCC2. The Balaban J connectivity index is 2.19. The molecule has 3 rings (SSSR count). The Morgan fingerprint density at radius 1 is 1.32 bits per heavy atom. The average Bonchev–Trinajstić information content (AvgIpc) is 2.82. The van der Waals surface area contributed by atoms with E-state index >= 15 is 0 Å². The zero-order valence-electron chi connectivity index (χ0n) is 10.1. The number of carboxylic acids is 1. The van der Waals surface area contributed by atoms with Crippen molar-refractivity contribution >= 4 is 21.9 Å². The Morgan fingerprint density at radius 2 is 2.11 bits per heavy atom. The molecular formula is C13H12BrN3O2. The van der Waals surface area contributed by atoms with Gasteiger partial charge >= 0.3 is 5.97 Å². The summed E-state index contributed by atoms with van der Waals surface area (Å²) in [7, 11) is 0. The summed E-state index contributed by atoms with van der Waals surface area (Å²) in [6, 6.07) is 1.77. The van der Waals surface area contributed by atoms with Crippen LogP contribution in [0.1, 0.15) is 34.7 Å². The van der Waals surface area contributed by atoms with E-state index in [0.29, 0.717) is 5.69 Å². The second-order valence-electron chi connectivity index (χ2n) is 4.54. The molecule has 0 spiro atoms. The number of nitrogens with zero attached hydrogens (tertiary/aromatic N) is 3. The zero-order valence-corrected chi connectivity index (χ0v) is 11.7. The van der Waals surface area contributed by atoms with E-state index in [0.717, 1.165) is 41.5 Å². The first-order valence-electron chi connectivity index (χ1n) is 6.11. The van der Waals surface area contributed by atoms with E-state index in [-0.39, 0.29) is 5.69 Å². The molecule has 19 heavy (non-hydrogen) atoms. The van der Waals surface area contributed by atoms with Crippen molar-refractivity contribution in [2.24, 2.45) is 0 Å². The lowest BCUT2D eigenvalue weighted by Crippen LogP contribution is -2.12. The molecule has 1 aliphatic carbocycles. The van der Waals surface area contributed by atoms with E-state index in [1.54, 1.807) is 12.4 Å². The van der Waals surface area contributed by atoms with Crippen molar-refractivity contribution in [1.82, 2.24) is 14.5 Å². The number of carboxylic acid groups (broad SMARTS) is 1. The molecule has 2 aromatic rings. The Bertz CT molecular complexity index is 651. The number of pyridine rings is 1. The van der Waals surface area contributed by atoms with Crippen molar-refractivity contribution in [2.75, 3.05) is 0 Å². The molecule has 0 atom stereocenters. The second-order valence-corrected chi connectivity index (χ2v) is 5.46. The summed E-state index contributed by atoms with van der Waals surface area (Å²) in [5.41, 5.74) is 2.79. The van der Waals surface area contributed by atoms with Crippen LogP contribution >= 0.6 is 15.9 Å². The van der Waals surface area contributed by atoms with Crippen LogP contribution in [-0.2, 0) is 12.8 Å². The van der Waals surface area contributed by atoms with Crippen LogP contribution in [0, 0.1) is 0 Å². The van der Waals surface area contributed by atoms with Gasteiger partial charge in [0.2, 0.25) is 0 Å². The molecule has 0 saturated heterocycles. The summed E-state index contributed by atoms with van der Waals surface area (Å²) in [4.78, 5) is 19.7. The Labute approximate surface area is 118 Å². The Kier molecular flexibility index (Phi) is 3.10. The summed E-state index contributed by atoms with van der Waals surface area (Å²) in [6.45, 7) is 0. The van der Waals surface area contributed by atoms with Crippen LogP contribution in [0.25, 0.3) is 5.69 Å². The van der Waals surface area contributed by atoms with Gasteiger partial charge in [-0.1, -0.05) is 0 Å². The molecule has 2 aromatic heterocycles. The van der Waals surface area contributed by atoms with Crippen LogP contribution in [0.5, 0.6) is 0 Å². The molecule has 6 heteroatoms. The van der Waals surface area contributed by atoms with Gasteiger partial charge in [0.1, 0.15) is 0 Å². The first-order valence-corrected chi connectivity index (χ1v) is 6.90. The van der Waals surface area contributed by atoms with Gasteiger partial charge in [0, 0.05) is 16.4 Å². The van der Waals surface area contributed by atoms with Crippen molar-refractivity contribution in [3.05, 3.63) is 40.1 Å². The van der Waals surface area contributed by atoms with Crippen LogP contribution in [0.3, 0.4) is 0 Å². The lowest BCUT2D eigenvalue weighted by atomic mass is 10.0. The van der Waals surface area contributed by atoms with Gasteiger partial charge in [0.25, 0.3) is 0 Å². The highest BCUT2D eigenvalue weighted by Crippen LogP contribution is 2.25. The van der Waals surface area contributed by atoms with Crippen molar-refractivity contribution in [3.8, 4) is 5.69 Å². The lowest BCUT2D eigenvalue weighted by molar-refractivity contribution is 0.0690. The van der Waals surface area contributed by atoms with Crippen molar-refractivity contribution in [3.63, 3.8) is 0 Å². The van der Waals surface area contributed by atoms with Gasteiger partial charge in [0.05, 0.1) is 17.7 Å². The van der Waals surface area contributed by atoms with Gasteiger partial charge in [-0.05, 0) is 47.7 Å². The highest BCUT2D eigenvalue weighted by Gasteiger charge is 2.20. The molecule has 0 aromatic carbocycles. The van der Waals surface area contributed by atoms with Crippen LogP contribution in [0.4, 0.5) is 0 Å². The van der Waals surface area contributed by atoms with Crippen molar-refractivity contribution in [2.45, 2.75) is 25.7 Å². The summed E-state index contributed by atoms with van der Waals surface area (Å²) in [5, 5.41) is 9.25. The third-order valence-corrected chi connectivity index (χ3v) is 3.76. The summed E-state index contributed by atoms with van der Waals surface area (Å²) in [5.74, 6) is -1.03. The van der Waals surface area contributed by atoms with Crippen molar-refractivity contribution < 1.29 is 9.90 Å². The topological polar surface area (TPSA) is 68.0 Å². The fourth-order valence-electron chi connectivity index (χ4n) is 2.45. The minimum Gasteiger partial charge on any atom is -0.476 e. The first kappa shape index (κ1) is 12.3. The predicted molar refractivity (Wildman–Crippen MR) is 72.7 cm³/mol. The summed E-state index contributed by atoms with van der Waals surface area (Å²) >= 11 is 3.34. The molecule has 2 heterocycles. The minimum absolute atomic E-state index is 0.0500. The summed E-state index contributed by atoms with van der Waals surface area (Å²) < 4.78 is 2.61. The third-order valence-electron chi connectivity index (χ3n) is 3.33. The first-order chi connectivity index (χ1) is 9.16. The number of imidazole rings is 1. The maximum atomic E-state index is 11.3. The van der Waals surface area contributed by atoms with E-state index in [9.17, 15) is 9.90 Å². The summed E-state index contributed by atoms with van der Waals surface area (Å²) in [6.07, 6.45) is 7.35. The van der Waals surface area contributed by atoms with E-state index in [1.165, 1.54) is 6.20 Å². The number of aryl methyl sites for hydroxylation is 1. The highest BCUT2D eigenvalue weighted by molar-refractivity contribution is 9.10. The number of fused-ring (bicyclic) bond motifs is 1. The molecule has 5 nitrogen and oxygen atoms in total. The molecular weight excluding hydrogens is 310 g/mol. The Hall–Kier alpha value is -1.69. The van der Waals surface area contributed by atoms with Gasteiger partial charge in [-0.15, -0.1) is 0 Å². The van der Waals surface area contributed by atoms with E-state index in [4.69, 9.17) is 0 Å². The number of halogens is 1. The molecule has 0 unspecified atom stereocenters. The number of hydrogen-bond acceptors (Lipinski definition) is 3. The third kappa shape index (κ3) is 2.16. The average molecular weight is 322 g/mol. The molecule has 1 aliphatic rings. The molecule has 0 amide bonds. The van der Waals surface area contributed by atoms with Crippen LogP contribution < -0.4 is 0 Å². The maximum absolute atomic E-state index is 11.3. The smallest absolute Gasteiger partial charge is 0.356 e. The number of carbonyl (C=O) groups is 1. The molecule has 98 valence electrons. The minimum atomic E-state index is -1.03. The molecule has 1 N–H and O–H groups in total. The number of aromatic nitrogens is 3. The van der Waals surface area contributed by atoms with Crippen LogP contribution in [0.2, 0.25) is 0 Å². The van der Waals surface area contributed by atoms with E-state index in [1.807, 2.05) is 4.57 Å². The lowest BCUT2D eigenvalue weighted by Gasteiger charge is -2.15. The second kappa shape index (κ2) is 4.77. The number of rotatable bonds is 2. The molecule has 0 bridgehead atoms. The highest BCUT2D eigenvalue weighted by atomic mass is 79.9. The standard InChI is InChI=1S/C13H12BrN3O2/c14-8-5-11(12(13(18)19)15-6-8)17-7-16-9-3-1-2-4-10(9)17/h5-7H,1-4H2,(H,18,19). The van der Waals surface area contributed by atoms with Gasteiger partial charge in [0.15, 0.2) is 5.69 Å². The zero-order chi connectivity index (χ0) is 13.4.